The number of hydrogen-bond acceptors (Lipinski definition) is 5. The van der Waals surface area contributed by atoms with Gasteiger partial charge in [-0.25, -0.2) is 4.99 Å². The van der Waals surface area contributed by atoms with Gasteiger partial charge in [0.1, 0.15) is 17.7 Å². The summed E-state index contributed by atoms with van der Waals surface area (Å²) in [6.07, 6.45) is 0. The van der Waals surface area contributed by atoms with E-state index in [1.807, 2.05) is 44.5 Å². The molecule has 1 atom stereocenters. The van der Waals surface area contributed by atoms with E-state index in [0.717, 1.165) is 5.56 Å². The van der Waals surface area contributed by atoms with Crippen molar-refractivity contribution >= 4 is 47.2 Å². The molecule has 0 radical (unpaired) electrons. The number of halogens is 1. The van der Waals surface area contributed by atoms with Crippen LogP contribution in [0.1, 0.15) is 40.2 Å². The maximum absolute atomic E-state index is 11.7. The van der Waals surface area contributed by atoms with Crippen LogP contribution in [0.5, 0.6) is 0 Å². The van der Waals surface area contributed by atoms with Crippen LogP contribution in [-0.4, -0.2) is 42.3 Å². The van der Waals surface area contributed by atoms with E-state index in [9.17, 15) is 9.90 Å². The number of aliphatic hydroxyl groups is 1. The maximum atomic E-state index is 11.7. The van der Waals surface area contributed by atoms with Gasteiger partial charge in [-0.05, 0) is 57.0 Å². The number of aliphatic imine (C=N–C) groups is 1. The van der Waals surface area contributed by atoms with Crippen LogP contribution in [-0.2, 0) is 15.1 Å². The number of rotatable bonds is 6. The molecule has 0 aliphatic rings. The van der Waals surface area contributed by atoms with Gasteiger partial charge in [0.2, 0.25) is 0 Å². The van der Waals surface area contributed by atoms with E-state index < -0.39 is 11.2 Å². The molecule has 1 aromatic heterocycles. The molecule has 138 valence electrons. The van der Waals surface area contributed by atoms with Crippen LogP contribution in [0, 0.1) is 0 Å². The first-order valence-corrected chi connectivity index (χ1v) is 8.57. The third-order valence-electron chi connectivity index (χ3n) is 2.87. The highest BCUT2D eigenvalue weighted by Gasteiger charge is 2.24. The minimum atomic E-state index is -1.01. The van der Waals surface area contributed by atoms with Crippen LogP contribution < -0.4 is 10.6 Å². The Labute approximate surface area is 165 Å². The molecule has 0 saturated heterocycles. The molecular weight excluding hydrogens is 441 g/mol. The van der Waals surface area contributed by atoms with Crippen molar-refractivity contribution in [1.82, 2.24) is 10.6 Å². The molecule has 0 spiro atoms. The van der Waals surface area contributed by atoms with Crippen molar-refractivity contribution in [2.75, 3.05) is 19.6 Å². The largest absolute Gasteiger partial charge is 0.459 e. The minimum absolute atomic E-state index is 0. The Bertz CT molecular complexity index is 525. The van der Waals surface area contributed by atoms with E-state index >= 15 is 0 Å². The van der Waals surface area contributed by atoms with Crippen molar-refractivity contribution in [3.05, 3.63) is 22.4 Å². The number of thiophene rings is 1. The summed E-state index contributed by atoms with van der Waals surface area (Å²) in [5.41, 5.74) is -0.693. The molecule has 8 heteroatoms. The molecule has 1 rings (SSSR count). The molecule has 0 saturated carbocycles. The number of nitrogens with zero attached hydrogens (tertiary/aromatic N) is 1. The van der Waals surface area contributed by atoms with Crippen molar-refractivity contribution in [1.29, 1.82) is 0 Å². The Balaban J connectivity index is 0.00000529. The molecule has 0 bridgehead atoms. The Hall–Kier alpha value is -0.870. The summed E-state index contributed by atoms with van der Waals surface area (Å²) in [6, 6.07) is 1.89. The minimum Gasteiger partial charge on any atom is -0.459 e. The van der Waals surface area contributed by atoms with Crippen molar-refractivity contribution in [3.8, 4) is 0 Å². The summed E-state index contributed by atoms with van der Waals surface area (Å²) in [6.45, 7) is 9.97. The predicted octanol–water partition coefficient (Wildman–Crippen LogP) is 2.47. The monoisotopic (exact) mass is 469 g/mol. The average molecular weight is 469 g/mol. The summed E-state index contributed by atoms with van der Waals surface area (Å²) >= 11 is 1.54. The van der Waals surface area contributed by atoms with Gasteiger partial charge in [-0.3, -0.25) is 4.79 Å². The summed E-state index contributed by atoms with van der Waals surface area (Å²) in [5, 5.41) is 20.4. The van der Waals surface area contributed by atoms with E-state index in [2.05, 4.69) is 15.6 Å². The average Bonchev–Trinajstić information content (AvgIpc) is 2.95. The molecule has 3 N–H and O–H groups in total. The molecule has 24 heavy (non-hydrogen) atoms. The summed E-state index contributed by atoms with van der Waals surface area (Å²) in [5.74, 6) is 0.0770. The van der Waals surface area contributed by atoms with Crippen LogP contribution in [0.15, 0.2) is 21.8 Å². The highest BCUT2D eigenvalue weighted by molar-refractivity contribution is 14.0. The number of guanidine groups is 1. The van der Waals surface area contributed by atoms with Crippen LogP contribution in [0.25, 0.3) is 0 Å². The summed E-state index contributed by atoms with van der Waals surface area (Å²) in [7, 11) is 0. The Morgan fingerprint density at radius 2 is 2.00 bits per heavy atom. The zero-order chi connectivity index (χ0) is 17.5. The van der Waals surface area contributed by atoms with Gasteiger partial charge in [0.05, 0.1) is 6.54 Å². The lowest BCUT2D eigenvalue weighted by molar-refractivity contribution is -0.152. The quantitative estimate of drug-likeness (QED) is 0.258. The number of esters is 1. The molecule has 6 nitrogen and oxygen atoms in total. The number of carbonyl (C=O) groups is 1. The normalized spacial score (nSPS) is 14.3. The fourth-order valence-corrected chi connectivity index (χ4v) is 2.57. The highest BCUT2D eigenvalue weighted by Crippen LogP contribution is 2.21. The number of ether oxygens (including phenoxy) is 1. The molecule has 1 unspecified atom stereocenters. The van der Waals surface area contributed by atoms with Gasteiger partial charge in [0.25, 0.3) is 0 Å². The molecule has 1 aromatic rings. The van der Waals surface area contributed by atoms with E-state index in [0.29, 0.717) is 12.5 Å². The number of carbonyl (C=O) groups excluding carboxylic acids is 1. The molecule has 0 amide bonds. The van der Waals surface area contributed by atoms with Gasteiger partial charge in [-0.2, -0.15) is 11.3 Å². The third kappa shape index (κ3) is 8.84. The summed E-state index contributed by atoms with van der Waals surface area (Å²) < 4.78 is 5.22. The molecule has 0 fully saturated rings. The van der Waals surface area contributed by atoms with Gasteiger partial charge < -0.3 is 20.5 Å². The molecule has 0 aromatic carbocycles. The van der Waals surface area contributed by atoms with Gasteiger partial charge in [-0.1, -0.05) is 0 Å². The SMILES string of the molecule is CCNC(=NCC(=O)OC(C)(C)C)NCC(C)(O)c1ccsc1.I. The van der Waals surface area contributed by atoms with Gasteiger partial charge in [0.15, 0.2) is 5.96 Å². The van der Waals surface area contributed by atoms with Crippen molar-refractivity contribution in [3.63, 3.8) is 0 Å². The lowest BCUT2D eigenvalue weighted by atomic mass is 9.99. The lowest BCUT2D eigenvalue weighted by Crippen LogP contribution is -2.44. The van der Waals surface area contributed by atoms with Crippen LogP contribution in [0.2, 0.25) is 0 Å². The first kappa shape index (κ1) is 23.1. The topological polar surface area (TPSA) is 83.0 Å². The van der Waals surface area contributed by atoms with Crippen LogP contribution in [0.3, 0.4) is 0 Å². The number of nitrogens with one attached hydrogen (secondary N) is 2. The second-order valence-corrected chi connectivity index (χ2v) is 7.20. The smallest absolute Gasteiger partial charge is 0.328 e. The Kier molecular flexibility index (Phi) is 9.83. The van der Waals surface area contributed by atoms with E-state index in [1.54, 1.807) is 6.92 Å². The molecule has 1 heterocycles. The van der Waals surface area contributed by atoms with Crippen LogP contribution in [0.4, 0.5) is 0 Å². The number of hydrogen-bond donors (Lipinski definition) is 3. The first-order chi connectivity index (χ1) is 10.6. The molecule has 0 aliphatic heterocycles. The first-order valence-electron chi connectivity index (χ1n) is 7.63. The Morgan fingerprint density at radius 3 is 2.50 bits per heavy atom. The lowest BCUT2D eigenvalue weighted by Gasteiger charge is -2.24. The zero-order valence-corrected chi connectivity index (χ0v) is 18.0. The van der Waals surface area contributed by atoms with E-state index in [-0.39, 0.29) is 43.0 Å². The third-order valence-corrected chi connectivity index (χ3v) is 3.56. The maximum Gasteiger partial charge on any atom is 0.328 e. The zero-order valence-electron chi connectivity index (χ0n) is 14.9. The molecular formula is C16H28IN3O3S. The second kappa shape index (κ2) is 10.2. The fourth-order valence-electron chi connectivity index (χ4n) is 1.79. The Morgan fingerprint density at radius 1 is 1.33 bits per heavy atom. The van der Waals surface area contributed by atoms with Crippen molar-refractivity contribution in [2.45, 2.75) is 45.8 Å². The standard InChI is InChI=1S/C16H27N3O3S.HI/c1-6-17-14(18-9-13(20)22-15(2,3)4)19-11-16(5,21)12-7-8-23-10-12;/h7-8,10,21H,6,9,11H2,1-5H3,(H2,17,18,19);1H. The van der Waals surface area contributed by atoms with Gasteiger partial charge in [0, 0.05) is 6.54 Å². The summed E-state index contributed by atoms with van der Waals surface area (Å²) in [4.78, 5) is 15.9. The van der Waals surface area contributed by atoms with Crippen LogP contribution >= 0.6 is 35.3 Å². The van der Waals surface area contributed by atoms with E-state index in [4.69, 9.17) is 4.74 Å². The fraction of sp³-hybridized carbons (Fsp3) is 0.625. The second-order valence-electron chi connectivity index (χ2n) is 6.42. The van der Waals surface area contributed by atoms with Crippen molar-refractivity contribution in [2.24, 2.45) is 4.99 Å². The predicted molar refractivity (Wildman–Crippen MR) is 109 cm³/mol. The van der Waals surface area contributed by atoms with E-state index in [1.165, 1.54) is 11.3 Å². The van der Waals surface area contributed by atoms with Gasteiger partial charge >= 0.3 is 5.97 Å². The van der Waals surface area contributed by atoms with Crippen molar-refractivity contribution < 1.29 is 14.6 Å². The molecule has 0 aliphatic carbocycles. The highest BCUT2D eigenvalue weighted by atomic mass is 127. The van der Waals surface area contributed by atoms with Gasteiger partial charge in [-0.15, -0.1) is 24.0 Å².